The minimum atomic E-state index is -1.38. The quantitative estimate of drug-likeness (QED) is 0.695. The van der Waals surface area contributed by atoms with Crippen LogP contribution in [0.25, 0.3) is 0 Å². The second kappa shape index (κ2) is 7.51. The number of carbonyl (C=O) groups is 1. The Kier molecular flexibility index (Phi) is 5.69. The monoisotopic (exact) mass is 296 g/mol. The van der Waals surface area contributed by atoms with Gasteiger partial charge in [0.1, 0.15) is 6.10 Å². The fraction of sp³-hybridized carbons (Fsp3) is 0.533. The van der Waals surface area contributed by atoms with Crippen LogP contribution in [0.4, 0.5) is 0 Å². The predicted molar refractivity (Wildman–Crippen MR) is 73.4 cm³/mol. The molecule has 0 radical (unpaired) electrons. The van der Waals surface area contributed by atoms with Gasteiger partial charge in [-0.15, -0.1) is 0 Å². The number of carbonyl (C=O) groups excluding carboxylic acids is 1. The van der Waals surface area contributed by atoms with E-state index in [2.05, 4.69) is 0 Å². The lowest BCUT2D eigenvalue weighted by molar-refractivity contribution is -0.201. The number of hydrogen-bond donors (Lipinski definition) is 3. The summed E-state index contributed by atoms with van der Waals surface area (Å²) in [6.07, 6.45) is -3.07. The summed E-state index contributed by atoms with van der Waals surface area (Å²) in [5, 5.41) is 28.8. The molecule has 6 heteroatoms. The molecule has 4 atom stereocenters. The van der Waals surface area contributed by atoms with Gasteiger partial charge in [0.2, 0.25) is 0 Å². The molecule has 0 aliphatic carbocycles. The Hall–Kier alpha value is -1.47. The van der Waals surface area contributed by atoms with Gasteiger partial charge >= 0.3 is 5.97 Å². The molecular weight excluding hydrogens is 276 g/mol. The van der Waals surface area contributed by atoms with Crippen LogP contribution in [-0.2, 0) is 9.47 Å². The van der Waals surface area contributed by atoms with Crippen LogP contribution in [0.3, 0.4) is 0 Å². The van der Waals surface area contributed by atoms with Crippen LogP contribution in [-0.4, -0.2) is 53.0 Å². The number of ether oxygens (including phenoxy) is 2. The van der Waals surface area contributed by atoms with Gasteiger partial charge in [0.15, 0.2) is 6.29 Å². The molecule has 0 saturated carbocycles. The predicted octanol–water partition coefficient (Wildman–Crippen LogP) is 0.310. The fourth-order valence-corrected chi connectivity index (χ4v) is 2.25. The van der Waals surface area contributed by atoms with Crippen molar-refractivity contribution in [1.29, 1.82) is 0 Å². The number of rotatable bonds is 3. The molecule has 2 rings (SSSR count). The minimum Gasteiger partial charge on any atom is -0.462 e. The van der Waals surface area contributed by atoms with Crippen LogP contribution < -0.4 is 0 Å². The van der Waals surface area contributed by atoms with E-state index in [1.807, 2.05) is 6.07 Å². The molecule has 1 aromatic carbocycles. The third-order valence-electron chi connectivity index (χ3n) is 3.54. The summed E-state index contributed by atoms with van der Waals surface area (Å²) in [6, 6.07) is 8.65. The van der Waals surface area contributed by atoms with Crippen molar-refractivity contribution in [3.63, 3.8) is 0 Å². The Morgan fingerprint density at radius 2 is 1.95 bits per heavy atom. The maximum atomic E-state index is 11.8. The van der Waals surface area contributed by atoms with Crippen molar-refractivity contribution in [1.82, 2.24) is 0 Å². The number of esters is 1. The number of aliphatic hydroxyl groups is 3. The van der Waals surface area contributed by atoms with E-state index in [9.17, 15) is 20.1 Å². The molecule has 1 aliphatic rings. The highest BCUT2D eigenvalue weighted by atomic mass is 16.6. The lowest BCUT2D eigenvalue weighted by Crippen LogP contribution is -2.42. The standard InChI is InChI=1S/C15H20O6/c16-12-8-10(6-7-20-15(19)13(12)17)9-21-14(18)11-4-2-1-3-5-11/h1-5,10,12-13,15-17,19H,6-9H2/t10-,12?,13?,15-/m1/s1. The highest BCUT2D eigenvalue weighted by molar-refractivity contribution is 5.89. The van der Waals surface area contributed by atoms with Crippen LogP contribution in [0.2, 0.25) is 0 Å². The molecule has 1 saturated heterocycles. The summed E-state index contributed by atoms with van der Waals surface area (Å²) in [4.78, 5) is 11.8. The Balaban J connectivity index is 1.86. The van der Waals surface area contributed by atoms with Crippen LogP contribution in [0.15, 0.2) is 30.3 Å². The van der Waals surface area contributed by atoms with E-state index in [0.29, 0.717) is 12.0 Å². The Labute approximate surface area is 122 Å². The second-order valence-corrected chi connectivity index (χ2v) is 5.17. The van der Waals surface area contributed by atoms with Crippen LogP contribution in [0.5, 0.6) is 0 Å². The molecule has 116 valence electrons. The first-order valence-corrected chi connectivity index (χ1v) is 6.96. The van der Waals surface area contributed by atoms with Crippen molar-refractivity contribution in [2.45, 2.75) is 31.3 Å². The Bertz CT molecular complexity index is 449. The van der Waals surface area contributed by atoms with E-state index < -0.39 is 24.5 Å². The van der Waals surface area contributed by atoms with Crippen molar-refractivity contribution in [3.8, 4) is 0 Å². The van der Waals surface area contributed by atoms with Gasteiger partial charge in [-0.05, 0) is 30.9 Å². The molecule has 1 aromatic rings. The van der Waals surface area contributed by atoms with Crippen molar-refractivity contribution in [2.24, 2.45) is 5.92 Å². The molecule has 0 spiro atoms. The van der Waals surface area contributed by atoms with Crippen molar-refractivity contribution < 1.29 is 29.6 Å². The SMILES string of the molecule is O=C(OC[C@@H]1CCO[C@@H](O)C(O)C(O)C1)c1ccccc1. The number of aliphatic hydroxyl groups excluding tert-OH is 3. The summed E-state index contributed by atoms with van der Waals surface area (Å²) >= 11 is 0. The Morgan fingerprint density at radius 3 is 2.67 bits per heavy atom. The van der Waals surface area contributed by atoms with Gasteiger partial charge < -0.3 is 24.8 Å². The van der Waals surface area contributed by atoms with E-state index in [-0.39, 0.29) is 25.6 Å². The van der Waals surface area contributed by atoms with Gasteiger partial charge in [-0.1, -0.05) is 18.2 Å². The highest BCUT2D eigenvalue weighted by Gasteiger charge is 2.30. The molecule has 3 N–H and O–H groups in total. The van der Waals surface area contributed by atoms with Gasteiger partial charge in [-0.25, -0.2) is 4.79 Å². The highest BCUT2D eigenvalue weighted by Crippen LogP contribution is 2.20. The third-order valence-corrected chi connectivity index (χ3v) is 3.54. The normalized spacial score (nSPS) is 30.2. The molecule has 2 unspecified atom stereocenters. The van der Waals surface area contributed by atoms with Crippen LogP contribution >= 0.6 is 0 Å². The van der Waals surface area contributed by atoms with Gasteiger partial charge in [0.05, 0.1) is 24.9 Å². The first-order valence-electron chi connectivity index (χ1n) is 6.96. The molecule has 0 bridgehead atoms. The average molecular weight is 296 g/mol. The summed E-state index contributed by atoms with van der Waals surface area (Å²) in [5.41, 5.74) is 0.468. The second-order valence-electron chi connectivity index (χ2n) is 5.17. The van der Waals surface area contributed by atoms with Crippen LogP contribution in [0.1, 0.15) is 23.2 Å². The maximum Gasteiger partial charge on any atom is 0.338 e. The molecule has 1 fully saturated rings. The van der Waals surface area contributed by atoms with E-state index in [4.69, 9.17) is 9.47 Å². The summed E-state index contributed by atoms with van der Waals surface area (Å²) in [5.74, 6) is -0.552. The molecule has 1 heterocycles. The maximum absolute atomic E-state index is 11.8. The van der Waals surface area contributed by atoms with Gasteiger partial charge in [0, 0.05) is 0 Å². The fourth-order valence-electron chi connectivity index (χ4n) is 2.25. The molecule has 1 aliphatic heterocycles. The van der Waals surface area contributed by atoms with Crippen molar-refractivity contribution in [2.75, 3.05) is 13.2 Å². The summed E-state index contributed by atoms with van der Waals surface area (Å²) in [6.45, 7) is 0.370. The lowest BCUT2D eigenvalue weighted by Gasteiger charge is -2.29. The molecule has 6 nitrogen and oxygen atoms in total. The van der Waals surface area contributed by atoms with Gasteiger partial charge in [-0.2, -0.15) is 0 Å². The molecule has 0 aromatic heterocycles. The minimum absolute atomic E-state index is 0.130. The first kappa shape index (κ1) is 15.9. The van der Waals surface area contributed by atoms with Crippen LogP contribution in [0, 0.1) is 5.92 Å². The van der Waals surface area contributed by atoms with E-state index in [1.165, 1.54) is 0 Å². The number of benzene rings is 1. The lowest BCUT2D eigenvalue weighted by atomic mass is 9.95. The van der Waals surface area contributed by atoms with Crippen molar-refractivity contribution >= 4 is 5.97 Å². The third kappa shape index (κ3) is 4.50. The van der Waals surface area contributed by atoms with E-state index >= 15 is 0 Å². The van der Waals surface area contributed by atoms with E-state index in [1.54, 1.807) is 24.3 Å². The molecule has 0 amide bonds. The zero-order chi connectivity index (χ0) is 15.2. The largest absolute Gasteiger partial charge is 0.462 e. The molecule has 21 heavy (non-hydrogen) atoms. The summed E-state index contributed by atoms with van der Waals surface area (Å²) < 4.78 is 10.2. The van der Waals surface area contributed by atoms with Gasteiger partial charge in [0.25, 0.3) is 0 Å². The smallest absolute Gasteiger partial charge is 0.338 e. The van der Waals surface area contributed by atoms with Crippen molar-refractivity contribution in [3.05, 3.63) is 35.9 Å². The number of hydrogen-bond acceptors (Lipinski definition) is 6. The molecular formula is C15H20O6. The Morgan fingerprint density at radius 1 is 1.24 bits per heavy atom. The summed E-state index contributed by atoms with van der Waals surface area (Å²) in [7, 11) is 0. The zero-order valence-electron chi connectivity index (χ0n) is 11.6. The first-order chi connectivity index (χ1) is 10.1. The zero-order valence-corrected chi connectivity index (χ0v) is 11.6. The topological polar surface area (TPSA) is 96.2 Å². The van der Waals surface area contributed by atoms with E-state index in [0.717, 1.165) is 0 Å². The average Bonchev–Trinajstić information content (AvgIpc) is 2.50. The van der Waals surface area contributed by atoms with Gasteiger partial charge in [-0.3, -0.25) is 0 Å².